The van der Waals surface area contributed by atoms with Crippen LogP contribution in [-0.2, 0) is 4.79 Å². The van der Waals surface area contributed by atoms with Gasteiger partial charge >= 0.3 is 0 Å². The molecule has 0 aromatic carbocycles. The Balaban J connectivity index is 1.50. The Labute approximate surface area is 122 Å². The van der Waals surface area contributed by atoms with Gasteiger partial charge in [0.25, 0.3) is 0 Å². The maximum absolute atomic E-state index is 11.8. The summed E-state index contributed by atoms with van der Waals surface area (Å²) >= 11 is 0. The fourth-order valence-electron chi connectivity index (χ4n) is 3.56. The highest BCUT2D eigenvalue weighted by Gasteiger charge is 2.23. The molecule has 20 heavy (non-hydrogen) atoms. The summed E-state index contributed by atoms with van der Waals surface area (Å²) in [5, 5.41) is 12.1. The second-order valence-corrected chi connectivity index (χ2v) is 6.57. The van der Waals surface area contributed by atoms with Gasteiger partial charge in [-0.15, -0.1) is 0 Å². The van der Waals surface area contributed by atoms with Crippen LogP contribution in [0.1, 0.15) is 51.4 Å². The van der Waals surface area contributed by atoms with Gasteiger partial charge in [0.2, 0.25) is 5.91 Å². The maximum Gasteiger partial charge on any atom is 0.234 e. The summed E-state index contributed by atoms with van der Waals surface area (Å²) in [7, 11) is 0. The minimum Gasteiger partial charge on any atom is -0.396 e. The maximum atomic E-state index is 11.8. The lowest BCUT2D eigenvalue weighted by molar-refractivity contribution is -0.122. The predicted molar refractivity (Wildman–Crippen MR) is 80.5 cm³/mol. The Morgan fingerprint density at radius 1 is 1.15 bits per heavy atom. The number of aliphatic hydroxyl groups excluding tert-OH is 1. The van der Waals surface area contributed by atoms with Gasteiger partial charge in [-0.1, -0.05) is 32.1 Å². The van der Waals surface area contributed by atoms with Crippen LogP contribution >= 0.6 is 0 Å². The molecule has 0 aromatic rings. The van der Waals surface area contributed by atoms with Crippen LogP contribution in [-0.4, -0.2) is 48.7 Å². The first-order valence-corrected chi connectivity index (χ1v) is 8.38. The highest BCUT2D eigenvalue weighted by Crippen LogP contribution is 2.26. The van der Waals surface area contributed by atoms with E-state index in [-0.39, 0.29) is 12.5 Å². The minimum atomic E-state index is 0.146. The number of hydrogen-bond acceptors (Lipinski definition) is 3. The molecule has 0 radical (unpaired) electrons. The van der Waals surface area contributed by atoms with Gasteiger partial charge in [-0.2, -0.15) is 0 Å². The third-order valence-corrected chi connectivity index (χ3v) is 4.83. The van der Waals surface area contributed by atoms with Gasteiger partial charge in [-0.05, 0) is 37.6 Å². The van der Waals surface area contributed by atoms with E-state index in [0.29, 0.717) is 12.5 Å². The molecule has 2 aliphatic rings. The van der Waals surface area contributed by atoms with E-state index in [1.807, 2.05) is 0 Å². The minimum absolute atomic E-state index is 0.146. The Kier molecular flexibility index (Phi) is 6.80. The highest BCUT2D eigenvalue weighted by molar-refractivity contribution is 5.78. The van der Waals surface area contributed by atoms with Crippen LogP contribution in [0.3, 0.4) is 0 Å². The zero-order valence-electron chi connectivity index (χ0n) is 12.6. The topological polar surface area (TPSA) is 52.6 Å². The van der Waals surface area contributed by atoms with Crippen LogP contribution in [0.4, 0.5) is 0 Å². The molecule has 1 amide bonds. The van der Waals surface area contributed by atoms with E-state index in [1.165, 1.54) is 38.5 Å². The van der Waals surface area contributed by atoms with Crippen molar-refractivity contribution >= 4 is 5.91 Å². The van der Waals surface area contributed by atoms with Gasteiger partial charge in [0.15, 0.2) is 0 Å². The molecule has 0 spiro atoms. The van der Waals surface area contributed by atoms with Gasteiger partial charge in [0.05, 0.1) is 6.54 Å². The van der Waals surface area contributed by atoms with Crippen LogP contribution < -0.4 is 5.32 Å². The van der Waals surface area contributed by atoms with Crippen LogP contribution in [0.5, 0.6) is 0 Å². The summed E-state index contributed by atoms with van der Waals surface area (Å²) in [6.07, 6.45) is 10.4. The van der Waals surface area contributed by atoms with Crippen LogP contribution in [0, 0.1) is 11.8 Å². The van der Waals surface area contributed by atoms with Crippen LogP contribution in [0.25, 0.3) is 0 Å². The van der Waals surface area contributed by atoms with Gasteiger partial charge in [-0.25, -0.2) is 0 Å². The first-order chi connectivity index (χ1) is 9.78. The SMILES string of the molecule is O=C(CN1CC[C@H](CO)C1)NCCCC1CCCCC1. The van der Waals surface area contributed by atoms with Gasteiger partial charge in [0.1, 0.15) is 0 Å². The van der Waals surface area contributed by atoms with Crippen molar-refractivity contribution in [1.29, 1.82) is 0 Å². The van der Waals surface area contributed by atoms with Crippen molar-refractivity contribution in [2.24, 2.45) is 11.8 Å². The standard InChI is InChI=1S/C16H30N2O2/c19-13-15-8-10-18(11-15)12-16(20)17-9-4-7-14-5-2-1-3-6-14/h14-15,19H,1-13H2,(H,17,20)/t15-/m0/s1. The van der Waals surface area contributed by atoms with Gasteiger partial charge in [-0.3, -0.25) is 9.69 Å². The molecule has 1 saturated heterocycles. The van der Waals surface area contributed by atoms with E-state index in [2.05, 4.69) is 10.2 Å². The van der Waals surface area contributed by atoms with Gasteiger partial charge < -0.3 is 10.4 Å². The molecule has 116 valence electrons. The Hall–Kier alpha value is -0.610. The van der Waals surface area contributed by atoms with E-state index in [1.54, 1.807) is 0 Å². The Morgan fingerprint density at radius 3 is 2.65 bits per heavy atom. The Bertz CT molecular complexity index is 290. The molecule has 2 fully saturated rings. The fraction of sp³-hybridized carbons (Fsp3) is 0.938. The number of aliphatic hydroxyl groups is 1. The molecule has 2 rings (SSSR count). The van der Waals surface area contributed by atoms with Crippen molar-refractivity contribution in [2.75, 3.05) is 32.8 Å². The summed E-state index contributed by atoms with van der Waals surface area (Å²) in [5.74, 6) is 1.42. The second kappa shape index (κ2) is 8.63. The molecular formula is C16H30N2O2. The van der Waals surface area contributed by atoms with E-state index >= 15 is 0 Å². The third-order valence-electron chi connectivity index (χ3n) is 4.83. The Morgan fingerprint density at radius 2 is 1.95 bits per heavy atom. The number of amides is 1. The lowest BCUT2D eigenvalue weighted by Crippen LogP contribution is -2.36. The zero-order chi connectivity index (χ0) is 14.2. The van der Waals surface area contributed by atoms with E-state index in [4.69, 9.17) is 5.11 Å². The first-order valence-electron chi connectivity index (χ1n) is 8.38. The molecule has 4 heteroatoms. The average molecular weight is 282 g/mol. The van der Waals surface area contributed by atoms with E-state index in [9.17, 15) is 4.79 Å². The number of likely N-dealkylation sites (tertiary alicyclic amines) is 1. The van der Waals surface area contributed by atoms with Crippen molar-refractivity contribution < 1.29 is 9.90 Å². The molecule has 1 aliphatic heterocycles. The second-order valence-electron chi connectivity index (χ2n) is 6.57. The quantitative estimate of drug-likeness (QED) is 0.700. The zero-order valence-corrected chi connectivity index (χ0v) is 12.6. The van der Waals surface area contributed by atoms with Crippen LogP contribution in [0.15, 0.2) is 0 Å². The molecule has 4 nitrogen and oxygen atoms in total. The van der Waals surface area contributed by atoms with Crippen molar-refractivity contribution in [2.45, 2.75) is 51.4 Å². The van der Waals surface area contributed by atoms with Crippen molar-refractivity contribution in [3.8, 4) is 0 Å². The molecular weight excluding hydrogens is 252 g/mol. The molecule has 1 aliphatic carbocycles. The molecule has 1 atom stereocenters. The number of carbonyl (C=O) groups excluding carboxylic acids is 1. The van der Waals surface area contributed by atoms with Crippen molar-refractivity contribution in [3.63, 3.8) is 0 Å². The normalized spacial score (nSPS) is 24.9. The van der Waals surface area contributed by atoms with E-state index in [0.717, 1.165) is 38.4 Å². The molecule has 2 N–H and O–H groups in total. The van der Waals surface area contributed by atoms with Crippen LogP contribution in [0.2, 0.25) is 0 Å². The summed E-state index contributed by atoms with van der Waals surface area (Å²) in [4.78, 5) is 14.0. The van der Waals surface area contributed by atoms with Crippen molar-refractivity contribution in [3.05, 3.63) is 0 Å². The highest BCUT2D eigenvalue weighted by atomic mass is 16.3. The molecule has 1 saturated carbocycles. The number of rotatable bonds is 7. The number of hydrogen-bond donors (Lipinski definition) is 2. The summed E-state index contributed by atoms with van der Waals surface area (Å²) in [5.41, 5.74) is 0. The third kappa shape index (κ3) is 5.41. The number of carbonyl (C=O) groups is 1. The molecule has 0 aromatic heterocycles. The first kappa shape index (κ1) is 15.8. The summed E-state index contributed by atoms with van der Waals surface area (Å²) in [6.45, 7) is 3.39. The number of nitrogens with one attached hydrogen (secondary N) is 1. The fourth-order valence-corrected chi connectivity index (χ4v) is 3.56. The smallest absolute Gasteiger partial charge is 0.234 e. The lowest BCUT2D eigenvalue weighted by Gasteiger charge is -2.21. The average Bonchev–Trinajstić information content (AvgIpc) is 2.92. The van der Waals surface area contributed by atoms with E-state index < -0.39 is 0 Å². The lowest BCUT2D eigenvalue weighted by atomic mass is 9.86. The summed E-state index contributed by atoms with van der Waals surface area (Å²) in [6, 6.07) is 0. The molecule has 0 bridgehead atoms. The predicted octanol–water partition coefficient (Wildman–Crippen LogP) is 1.78. The molecule has 1 heterocycles. The monoisotopic (exact) mass is 282 g/mol. The summed E-state index contributed by atoms with van der Waals surface area (Å²) < 4.78 is 0. The number of nitrogens with zero attached hydrogens (tertiary/aromatic N) is 1. The molecule has 0 unspecified atom stereocenters. The largest absolute Gasteiger partial charge is 0.396 e. The van der Waals surface area contributed by atoms with Crippen molar-refractivity contribution in [1.82, 2.24) is 10.2 Å². The van der Waals surface area contributed by atoms with Gasteiger partial charge in [0, 0.05) is 19.7 Å².